The van der Waals surface area contributed by atoms with E-state index in [9.17, 15) is 14.4 Å². The molecule has 0 unspecified atom stereocenters. The number of likely N-dealkylation sites (tertiary alicyclic amines) is 1. The van der Waals surface area contributed by atoms with Gasteiger partial charge in [0.05, 0.1) is 18.1 Å². The molecule has 0 radical (unpaired) electrons. The number of carbonyl (C=O) groups excluding carboxylic acids is 1. The van der Waals surface area contributed by atoms with Gasteiger partial charge in [0.1, 0.15) is 17.9 Å². The van der Waals surface area contributed by atoms with Crippen molar-refractivity contribution in [3.05, 3.63) is 42.6 Å². The molecule has 1 spiro atoms. The minimum atomic E-state index is -0.661. The molecule has 0 bridgehead atoms. The third-order valence-electron chi connectivity index (χ3n) is 6.26. The van der Waals surface area contributed by atoms with Gasteiger partial charge in [0.15, 0.2) is 5.82 Å². The van der Waals surface area contributed by atoms with Crippen molar-refractivity contribution in [3.63, 3.8) is 0 Å². The number of hydrogen-bond donors (Lipinski definition) is 0. The number of amides is 1. The van der Waals surface area contributed by atoms with Crippen LogP contribution in [0.1, 0.15) is 47.0 Å². The number of carbonyl (C=O) groups is 1. The van der Waals surface area contributed by atoms with E-state index in [1.54, 1.807) is 10.3 Å². The Morgan fingerprint density at radius 1 is 1.31 bits per heavy atom. The van der Waals surface area contributed by atoms with Gasteiger partial charge in [0.25, 0.3) is 5.91 Å². The molecule has 0 aromatic carbocycles. The lowest BCUT2D eigenvalue weighted by molar-refractivity contribution is -0.0844. The summed E-state index contributed by atoms with van der Waals surface area (Å²) in [6, 6.07) is 0. The predicted molar refractivity (Wildman–Crippen MR) is 105 cm³/mol. The van der Waals surface area contributed by atoms with E-state index in [1.165, 1.54) is 27.0 Å². The first-order valence-electron chi connectivity index (χ1n) is 10.0. The average Bonchev–Trinajstić information content (AvgIpc) is 3.29. The average molecular weight is 417 g/mol. The Labute approximate surface area is 170 Å². The molecule has 2 fully saturated rings. The fourth-order valence-corrected chi connectivity index (χ4v) is 4.92. The third-order valence-corrected chi connectivity index (χ3v) is 7.04. The predicted octanol–water partition coefficient (Wildman–Crippen LogP) is 0.785. The van der Waals surface area contributed by atoms with Crippen LogP contribution in [0.2, 0.25) is 0 Å². The number of fused-ring (bicyclic) bond motifs is 1. The number of aryl methyl sites for hydroxylation is 1. The standard InChI is InChI=1S/C19H23N5O4S/c1-12-20-14(9-29-12)16(25)22-6-5-19(10-22)11-23-15(8-28-19)21-24(18(27)17(23)26)7-13-3-2-4-13/h9,13H,2-8,10-11H2,1H3/t19-/m1/s1. The second-order valence-electron chi connectivity index (χ2n) is 8.29. The van der Waals surface area contributed by atoms with E-state index in [0.29, 0.717) is 43.5 Å². The first-order chi connectivity index (χ1) is 13.9. The van der Waals surface area contributed by atoms with Gasteiger partial charge in [-0.1, -0.05) is 6.42 Å². The van der Waals surface area contributed by atoms with Crippen LogP contribution in [-0.4, -0.2) is 48.8 Å². The van der Waals surface area contributed by atoms with E-state index in [-0.39, 0.29) is 19.1 Å². The van der Waals surface area contributed by atoms with Gasteiger partial charge in [0, 0.05) is 18.5 Å². The van der Waals surface area contributed by atoms with E-state index in [0.717, 1.165) is 17.8 Å². The van der Waals surface area contributed by atoms with Gasteiger partial charge in [-0.25, -0.2) is 9.67 Å². The first kappa shape index (κ1) is 18.7. The highest BCUT2D eigenvalue weighted by Gasteiger charge is 2.45. The zero-order valence-electron chi connectivity index (χ0n) is 16.3. The number of ether oxygens (including phenoxy) is 1. The Balaban J connectivity index is 1.37. The van der Waals surface area contributed by atoms with Crippen LogP contribution in [0.15, 0.2) is 15.0 Å². The minimum Gasteiger partial charge on any atom is -0.363 e. The Kier molecular flexibility index (Phi) is 4.43. The summed E-state index contributed by atoms with van der Waals surface area (Å²) >= 11 is 1.44. The maximum Gasteiger partial charge on any atom is 0.332 e. The molecule has 1 amide bonds. The molecular weight excluding hydrogens is 394 g/mol. The minimum absolute atomic E-state index is 0.123. The molecule has 4 heterocycles. The molecule has 10 heteroatoms. The lowest BCUT2D eigenvalue weighted by Crippen LogP contribution is -2.53. The van der Waals surface area contributed by atoms with Crippen LogP contribution in [0.25, 0.3) is 0 Å². The van der Waals surface area contributed by atoms with Gasteiger partial charge in [-0.3, -0.25) is 19.0 Å². The molecular formula is C19H23N5O4S. The summed E-state index contributed by atoms with van der Waals surface area (Å²) in [4.78, 5) is 44.0. The van der Waals surface area contributed by atoms with Crippen molar-refractivity contribution in [1.82, 2.24) is 24.2 Å². The topological polar surface area (TPSA) is 99.3 Å². The fraction of sp³-hybridized carbons (Fsp3) is 0.632. The Bertz CT molecular complexity index is 1080. The van der Waals surface area contributed by atoms with E-state index >= 15 is 0 Å². The molecule has 1 aliphatic carbocycles. The van der Waals surface area contributed by atoms with E-state index < -0.39 is 16.7 Å². The Hall–Kier alpha value is -2.33. The van der Waals surface area contributed by atoms with Crippen molar-refractivity contribution in [3.8, 4) is 0 Å². The van der Waals surface area contributed by atoms with Crippen LogP contribution < -0.4 is 11.1 Å². The van der Waals surface area contributed by atoms with Crippen molar-refractivity contribution in [2.45, 2.75) is 57.9 Å². The molecule has 3 aliphatic rings. The molecule has 2 aromatic rings. The molecule has 1 saturated heterocycles. The second kappa shape index (κ2) is 6.88. The van der Waals surface area contributed by atoms with Crippen molar-refractivity contribution >= 4 is 17.2 Å². The van der Waals surface area contributed by atoms with Crippen LogP contribution in [0.4, 0.5) is 0 Å². The fourth-order valence-electron chi connectivity index (χ4n) is 4.34. The molecule has 154 valence electrons. The van der Waals surface area contributed by atoms with Gasteiger partial charge in [-0.15, -0.1) is 11.3 Å². The van der Waals surface area contributed by atoms with Gasteiger partial charge in [0.2, 0.25) is 0 Å². The zero-order chi connectivity index (χ0) is 20.2. The van der Waals surface area contributed by atoms with E-state index in [2.05, 4.69) is 10.1 Å². The van der Waals surface area contributed by atoms with Crippen molar-refractivity contribution < 1.29 is 9.53 Å². The quantitative estimate of drug-likeness (QED) is 0.685. The summed E-state index contributed by atoms with van der Waals surface area (Å²) in [5, 5.41) is 7.02. The van der Waals surface area contributed by atoms with E-state index in [1.807, 2.05) is 6.92 Å². The van der Waals surface area contributed by atoms with Gasteiger partial charge < -0.3 is 9.64 Å². The van der Waals surface area contributed by atoms with Gasteiger partial charge in [-0.2, -0.15) is 5.10 Å². The summed E-state index contributed by atoms with van der Waals surface area (Å²) in [7, 11) is 0. The highest BCUT2D eigenvalue weighted by Crippen LogP contribution is 2.32. The SMILES string of the molecule is Cc1nc(C(=O)N2CC[C@@]3(C2)Cn2c(nn(CC4CCC4)c(=O)c2=O)CO3)cs1. The summed E-state index contributed by atoms with van der Waals surface area (Å²) < 4.78 is 8.88. The van der Waals surface area contributed by atoms with Crippen LogP contribution >= 0.6 is 11.3 Å². The molecule has 9 nitrogen and oxygen atoms in total. The Morgan fingerprint density at radius 2 is 2.14 bits per heavy atom. The second-order valence-corrected chi connectivity index (χ2v) is 9.35. The largest absolute Gasteiger partial charge is 0.363 e. The van der Waals surface area contributed by atoms with Crippen LogP contribution in [0.3, 0.4) is 0 Å². The zero-order valence-corrected chi connectivity index (χ0v) is 17.1. The van der Waals surface area contributed by atoms with Crippen molar-refractivity contribution in [1.29, 1.82) is 0 Å². The van der Waals surface area contributed by atoms with Crippen molar-refractivity contribution in [2.24, 2.45) is 5.92 Å². The molecule has 2 aliphatic heterocycles. The summed E-state index contributed by atoms with van der Waals surface area (Å²) in [5.41, 5.74) is -1.33. The lowest BCUT2D eigenvalue weighted by Gasteiger charge is -2.35. The smallest absolute Gasteiger partial charge is 0.332 e. The Morgan fingerprint density at radius 3 is 2.83 bits per heavy atom. The summed E-state index contributed by atoms with van der Waals surface area (Å²) in [6.07, 6.45) is 3.94. The third kappa shape index (κ3) is 3.24. The molecule has 29 heavy (non-hydrogen) atoms. The molecule has 5 rings (SSSR count). The number of nitrogens with zero attached hydrogens (tertiary/aromatic N) is 5. The number of aromatic nitrogens is 4. The summed E-state index contributed by atoms with van der Waals surface area (Å²) in [6.45, 7) is 3.68. The highest BCUT2D eigenvalue weighted by atomic mass is 32.1. The van der Waals surface area contributed by atoms with Gasteiger partial charge in [-0.05, 0) is 32.1 Å². The lowest BCUT2D eigenvalue weighted by atomic mass is 9.85. The molecule has 1 atom stereocenters. The van der Waals surface area contributed by atoms with Crippen LogP contribution in [0.5, 0.6) is 0 Å². The maximum atomic E-state index is 12.7. The number of rotatable bonds is 3. The van der Waals surface area contributed by atoms with Crippen LogP contribution in [-0.2, 0) is 24.4 Å². The molecule has 2 aromatic heterocycles. The van der Waals surface area contributed by atoms with Crippen molar-refractivity contribution in [2.75, 3.05) is 13.1 Å². The summed E-state index contributed by atoms with van der Waals surface area (Å²) in [5.74, 6) is 0.795. The van der Waals surface area contributed by atoms with Gasteiger partial charge >= 0.3 is 11.1 Å². The highest BCUT2D eigenvalue weighted by molar-refractivity contribution is 7.09. The normalized spacial score (nSPS) is 24.0. The molecule has 1 saturated carbocycles. The number of thiazole rings is 1. The van der Waals surface area contributed by atoms with E-state index in [4.69, 9.17) is 4.74 Å². The first-order valence-corrected chi connectivity index (χ1v) is 10.9. The maximum absolute atomic E-state index is 12.7. The monoisotopic (exact) mass is 417 g/mol. The number of hydrogen-bond acceptors (Lipinski definition) is 7. The molecule has 0 N–H and O–H groups in total. The van der Waals surface area contributed by atoms with Crippen LogP contribution in [0, 0.1) is 12.8 Å².